The fraction of sp³-hybridized carbons (Fsp3) is 0.519. The van der Waals surface area contributed by atoms with E-state index in [0.29, 0.717) is 22.8 Å². The van der Waals surface area contributed by atoms with Crippen LogP contribution < -0.4 is 0 Å². The fourth-order valence-electron chi connectivity index (χ4n) is 5.75. The van der Waals surface area contributed by atoms with Gasteiger partial charge in [-0.25, -0.2) is 4.98 Å². The molecule has 170 valence electrons. The minimum absolute atomic E-state index is 0.139. The van der Waals surface area contributed by atoms with Crippen LogP contribution in [0.3, 0.4) is 0 Å². The second-order valence-electron chi connectivity index (χ2n) is 10.2. The Kier molecular flexibility index (Phi) is 6.23. The summed E-state index contributed by atoms with van der Waals surface area (Å²) in [5, 5.41) is 0.718. The van der Waals surface area contributed by atoms with E-state index in [1.54, 1.807) is 11.8 Å². The third-order valence-corrected chi connectivity index (χ3v) is 8.98. The molecular formula is C27H33NO3S. The molecule has 1 heterocycles. The molecule has 0 spiro atoms. The zero-order chi connectivity index (χ0) is 23.1. The van der Waals surface area contributed by atoms with Gasteiger partial charge in [0.1, 0.15) is 5.03 Å². The lowest BCUT2D eigenvalue weighted by Crippen LogP contribution is -2.39. The maximum Gasteiger partial charge on any atom is 0.224 e. The van der Waals surface area contributed by atoms with E-state index in [1.807, 2.05) is 18.2 Å². The molecule has 3 aliphatic carbocycles. The van der Waals surface area contributed by atoms with Crippen LogP contribution in [0.2, 0.25) is 0 Å². The second-order valence-corrected chi connectivity index (χ2v) is 11.2. The number of allylic oxidation sites excluding steroid dienone is 5. The number of hydrogen-bond donors (Lipinski definition) is 0. The highest BCUT2D eigenvalue weighted by molar-refractivity contribution is 8.04. The van der Waals surface area contributed by atoms with Crippen LogP contribution >= 0.6 is 11.8 Å². The van der Waals surface area contributed by atoms with E-state index in [1.165, 1.54) is 43.4 Å². The monoisotopic (exact) mass is 451 g/mol. The Hall–Kier alpha value is -2.14. The van der Waals surface area contributed by atoms with Gasteiger partial charge in [-0.3, -0.25) is 9.59 Å². The third kappa shape index (κ3) is 4.00. The number of carbonyl (C=O) groups is 2. The number of carbonyl (C=O) groups excluding carboxylic acids is 2. The van der Waals surface area contributed by atoms with E-state index in [9.17, 15) is 9.59 Å². The fourth-order valence-corrected chi connectivity index (χ4v) is 6.67. The van der Waals surface area contributed by atoms with Gasteiger partial charge in [-0.2, -0.15) is 0 Å². The molecule has 0 unspecified atom stereocenters. The molecule has 5 heteroatoms. The Labute approximate surface area is 195 Å². The first-order chi connectivity index (χ1) is 15.2. The zero-order valence-corrected chi connectivity index (χ0v) is 20.6. The molecule has 2 atom stereocenters. The molecule has 0 radical (unpaired) electrons. The standard InChI is InChI=1S/C27H33NO3S/c1-17-11-12-19-20(9-8-13-26(19,2)3)27(17,4)16-18-24(30)22(31-5)15-21(29)25(18)32-23-10-6-7-14-28-23/h6-7,10,14-15,17H,8-9,11-13,16H2,1-5H3/t17-,27+/m1/s1. The normalized spacial score (nSPS) is 27.9. The lowest BCUT2D eigenvalue weighted by atomic mass is 9.55. The largest absolute Gasteiger partial charge is 0.493 e. The van der Waals surface area contributed by atoms with Crippen LogP contribution in [-0.2, 0) is 14.3 Å². The van der Waals surface area contributed by atoms with Gasteiger partial charge in [0.25, 0.3) is 0 Å². The summed E-state index contributed by atoms with van der Waals surface area (Å²) >= 11 is 1.30. The maximum absolute atomic E-state index is 13.5. The maximum atomic E-state index is 13.5. The van der Waals surface area contributed by atoms with Crippen molar-refractivity contribution in [3.8, 4) is 0 Å². The Morgan fingerprint density at radius 1 is 1.16 bits per heavy atom. The highest BCUT2D eigenvalue weighted by atomic mass is 32.2. The number of nitrogens with zero attached hydrogens (tertiary/aromatic N) is 1. The first kappa shape index (κ1) is 23.0. The first-order valence-electron chi connectivity index (χ1n) is 11.6. The van der Waals surface area contributed by atoms with Crippen molar-refractivity contribution in [3.05, 3.63) is 57.9 Å². The molecular weight excluding hydrogens is 418 g/mol. The van der Waals surface area contributed by atoms with Crippen LogP contribution in [-0.4, -0.2) is 23.7 Å². The van der Waals surface area contributed by atoms with Gasteiger partial charge in [0, 0.05) is 17.8 Å². The molecule has 4 nitrogen and oxygen atoms in total. The van der Waals surface area contributed by atoms with Crippen molar-refractivity contribution < 1.29 is 14.3 Å². The average molecular weight is 452 g/mol. The molecule has 0 bridgehead atoms. The highest BCUT2D eigenvalue weighted by Gasteiger charge is 2.46. The van der Waals surface area contributed by atoms with Crippen molar-refractivity contribution in [2.75, 3.05) is 7.11 Å². The lowest BCUT2D eigenvalue weighted by Gasteiger charge is -2.50. The van der Waals surface area contributed by atoms with Crippen molar-refractivity contribution in [2.45, 2.75) is 71.2 Å². The van der Waals surface area contributed by atoms with Gasteiger partial charge in [0.15, 0.2) is 11.5 Å². The molecule has 0 saturated carbocycles. The number of thioether (sulfide) groups is 1. The summed E-state index contributed by atoms with van der Waals surface area (Å²) in [7, 11) is 1.46. The van der Waals surface area contributed by atoms with Gasteiger partial charge in [0.2, 0.25) is 5.78 Å². The summed E-state index contributed by atoms with van der Waals surface area (Å²) in [5.41, 5.74) is 3.75. The molecule has 0 saturated heterocycles. The van der Waals surface area contributed by atoms with E-state index < -0.39 is 0 Å². The van der Waals surface area contributed by atoms with Gasteiger partial charge < -0.3 is 4.74 Å². The molecule has 0 fully saturated rings. The van der Waals surface area contributed by atoms with E-state index in [-0.39, 0.29) is 28.2 Å². The average Bonchev–Trinajstić information content (AvgIpc) is 2.76. The molecule has 0 aliphatic heterocycles. The Morgan fingerprint density at radius 3 is 2.62 bits per heavy atom. The lowest BCUT2D eigenvalue weighted by molar-refractivity contribution is -0.118. The molecule has 1 aromatic heterocycles. The van der Waals surface area contributed by atoms with Crippen LogP contribution in [0.15, 0.2) is 62.9 Å². The summed E-state index contributed by atoms with van der Waals surface area (Å²) in [5.74, 6) is 0.239. The minimum atomic E-state index is -0.169. The van der Waals surface area contributed by atoms with Crippen molar-refractivity contribution in [1.29, 1.82) is 0 Å². The van der Waals surface area contributed by atoms with Crippen LogP contribution in [0.5, 0.6) is 0 Å². The number of hydrogen-bond acceptors (Lipinski definition) is 5. The van der Waals surface area contributed by atoms with Gasteiger partial charge in [-0.1, -0.05) is 56.7 Å². The van der Waals surface area contributed by atoms with Gasteiger partial charge in [-0.05, 0) is 67.4 Å². The molecule has 1 aromatic rings. The predicted octanol–water partition coefficient (Wildman–Crippen LogP) is 6.44. The Bertz CT molecular complexity index is 1030. The van der Waals surface area contributed by atoms with E-state index >= 15 is 0 Å². The number of ketones is 2. The van der Waals surface area contributed by atoms with Crippen LogP contribution in [0, 0.1) is 16.7 Å². The Balaban J connectivity index is 1.81. The molecule has 0 amide bonds. The van der Waals surface area contributed by atoms with E-state index in [2.05, 4.69) is 32.7 Å². The number of methoxy groups -OCH3 is 1. The van der Waals surface area contributed by atoms with Gasteiger partial charge in [-0.15, -0.1) is 0 Å². The van der Waals surface area contributed by atoms with Crippen molar-refractivity contribution in [2.24, 2.45) is 16.7 Å². The smallest absolute Gasteiger partial charge is 0.224 e. The minimum Gasteiger partial charge on any atom is -0.493 e. The summed E-state index contributed by atoms with van der Waals surface area (Å²) in [4.78, 5) is 31.4. The molecule has 0 N–H and O–H groups in total. The topological polar surface area (TPSA) is 56.3 Å². The number of rotatable bonds is 5. The van der Waals surface area contributed by atoms with Gasteiger partial charge >= 0.3 is 0 Å². The third-order valence-electron chi connectivity index (χ3n) is 7.88. The molecule has 0 aromatic carbocycles. The summed E-state index contributed by atoms with van der Waals surface area (Å²) in [6.07, 6.45) is 9.34. The first-order valence-corrected chi connectivity index (χ1v) is 12.4. The summed E-state index contributed by atoms with van der Waals surface area (Å²) < 4.78 is 5.31. The van der Waals surface area contributed by atoms with Crippen molar-refractivity contribution in [3.63, 3.8) is 0 Å². The van der Waals surface area contributed by atoms with Gasteiger partial charge in [0.05, 0.1) is 12.0 Å². The number of pyridine rings is 1. The number of Topliss-reactive ketones (excluding diaryl/α,β-unsaturated/α-hetero) is 1. The van der Waals surface area contributed by atoms with Crippen molar-refractivity contribution >= 4 is 23.3 Å². The van der Waals surface area contributed by atoms with Crippen LogP contribution in [0.25, 0.3) is 0 Å². The quantitative estimate of drug-likeness (QED) is 0.381. The number of ether oxygens (including phenoxy) is 1. The van der Waals surface area contributed by atoms with Crippen LogP contribution in [0.1, 0.15) is 66.2 Å². The van der Waals surface area contributed by atoms with Crippen molar-refractivity contribution in [1.82, 2.24) is 4.98 Å². The zero-order valence-electron chi connectivity index (χ0n) is 19.8. The van der Waals surface area contributed by atoms with Crippen LogP contribution in [0.4, 0.5) is 0 Å². The highest BCUT2D eigenvalue weighted by Crippen LogP contribution is 2.57. The Morgan fingerprint density at radius 2 is 1.94 bits per heavy atom. The summed E-state index contributed by atoms with van der Waals surface area (Å²) in [6.45, 7) is 9.34. The predicted molar refractivity (Wildman–Crippen MR) is 128 cm³/mol. The van der Waals surface area contributed by atoms with E-state index in [4.69, 9.17) is 4.74 Å². The molecule has 32 heavy (non-hydrogen) atoms. The SMILES string of the molecule is COC1=CC(=O)C(Sc2ccccn2)=C(C[C@]2(C)C3=C(CC[C@H]2C)C(C)(C)CCC3)C1=O. The molecule has 3 aliphatic rings. The second kappa shape index (κ2) is 8.66. The number of aromatic nitrogens is 1. The summed E-state index contributed by atoms with van der Waals surface area (Å²) in [6, 6.07) is 5.62. The molecule has 4 rings (SSSR count). The van der Waals surface area contributed by atoms with E-state index in [0.717, 1.165) is 24.3 Å².